The van der Waals surface area contributed by atoms with Crippen LogP contribution in [-0.2, 0) is 7.05 Å². The van der Waals surface area contributed by atoms with Gasteiger partial charge in [0.05, 0.1) is 5.52 Å². The van der Waals surface area contributed by atoms with Crippen LogP contribution in [-0.4, -0.2) is 34.5 Å². The van der Waals surface area contributed by atoms with Crippen LogP contribution in [0.15, 0.2) is 18.2 Å². The fraction of sp³-hybridized carbons (Fsp3) is 0.500. The van der Waals surface area contributed by atoms with E-state index in [1.807, 2.05) is 18.9 Å². The van der Waals surface area contributed by atoms with Gasteiger partial charge < -0.3 is 15.2 Å². The number of para-hydroxylation sites is 1. The number of carbonyl (C=O) groups is 1. The lowest BCUT2D eigenvalue weighted by atomic mass is 10.1. The Bertz CT molecular complexity index is 717. The summed E-state index contributed by atoms with van der Waals surface area (Å²) in [5.41, 5.74) is 10.4. The van der Waals surface area contributed by atoms with Gasteiger partial charge in [-0.05, 0) is 37.8 Å². The maximum absolute atomic E-state index is 13.1. The first kappa shape index (κ1) is 15.1. The molecule has 0 radical (unpaired) electrons. The van der Waals surface area contributed by atoms with Gasteiger partial charge in [-0.15, -0.1) is 0 Å². The third-order valence-corrected chi connectivity index (χ3v) is 4.87. The van der Waals surface area contributed by atoms with E-state index in [0.717, 1.165) is 42.6 Å². The molecular weight excluding hydrogens is 274 g/mol. The molecule has 2 aromatic rings. The van der Waals surface area contributed by atoms with Crippen LogP contribution in [0.4, 0.5) is 0 Å². The number of fused-ring (bicyclic) bond motifs is 1. The van der Waals surface area contributed by atoms with E-state index < -0.39 is 0 Å². The summed E-state index contributed by atoms with van der Waals surface area (Å²) in [7, 11) is 1.99. The Hall–Kier alpha value is -1.81. The lowest BCUT2D eigenvalue weighted by Gasteiger charge is -2.23. The minimum Gasteiger partial charge on any atom is -0.339 e. The normalized spacial score (nSPS) is 19.5. The Kier molecular flexibility index (Phi) is 3.96. The molecule has 0 aliphatic carbocycles. The van der Waals surface area contributed by atoms with Gasteiger partial charge in [-0.1, -0.05) is 24.6 Å². The molecule has 0 bridgehead atoms. The van der Waals surface area contributed by atoms with Gasteiger partial charge in [0.1, 0.15) is 5.69 Å². The van der Waals surface area contributed by atoms with Crippen molar-refractivity contribution in [3.05, 3.63) is 35.0 Å². The molecular formula is C18H25N3O. The molecule has 4 heteroatoms. The summed E-state index contributed by atoms with van der Waals surface area (Å²) < 4.78 is 2.05. The number of hydrogen-bond donors (Lipinski definition) is 1. The summed E-state index contributed by atoms with van der Waals surface area (Å²) in [6.07, 6.45) is 3.16. The van der Waals surface area contributed by atoms with E-state index in [2.05, 4.69) is 29.7 Å². The van der Waals surface area contributed by atoms with Crippen LogP contribution in [0.1, 0.15) is 40.9 Å². The minimum absolute atomic E-state index is 0.100. The van der Waals surface area contributed by atoms with Gasteiger partial charge in [0, 0.05) is 31.6 Å². The maximum atomic E-state index is 13.1. The van der Waals surface area contributed by atoms with Gasteiger partial charge in [-0.3, -0.25) is 4.79 Å². The zero-order valence-electron chi connectivity index (χ0n) is 13.7. The van der Waals surface area contributed by atoms with Gasteiger partial charge in [0.15, 0.2) is 0 Å². The van der Waals surface area contributed by atoms with Crippen molar-refractivity contribution in [3.8, 4) is 0 Å². The highest BCUT2D eigenvalue weighted by Crippen LogP contribution is 2.28. The van der Waals surface area contributed by atoms with Crippen LogP contribution in [0, 0.1) is 13.8 Å². The molecule has 0 unspecified atom stereocenters. The van der Waals surface area contributed by atoms with Crippen LogP contribution in [0.5, 0.6) is 0 Å². The lowest BCUT2D eigenvalue weighted by Crippen LogP contribution is -2.40. The molecule has 4 nitrogen and oxygen atoms in total. The summed E-state index contributed by atoms with van der Waals surface area (Å²) in [4.78, 5) is 15.0. The summed E-state index contributed by atoms with van der Waals surface area (Å²) in [6, 6.07) is 6.35. The number of amides is 1. The standard InChI is InChI=1S/C18H25N3O/c1-12-7-6-9-15-13(2)17(20(3)16(12)15)18(22)21-10-5-4-8-14(19)11-21/h6-7,9,14H,4-5,8,10-11,19H2,1-3H3/t14-/m1/s1. The molecule has 1 aliphatic heterocycles. The molecule has 1 amide bonds. The monoisotopic (exact) mass is 299 g/mol. The van der Waals surface area contributed by atoms with E-state index in [-0.39, 0.29) is 11.9 Å². The first-order chi connectivity index (χ1) is 10.5. The van der Waals surface area contributed by atoms with E-state index in [9.17, 15) is 4.79 Å². The Balaban J connectivity index is 2.06. The Labute approximate surface area is 131 Å². The van der Waals surface area contributed by atoms with Crippen LogP contribution >= 0.6 is 0 Å². The lowest BCUT2D eigenvalue weighted by molar-refractivity contribution is 0.0745. The van der Waals surface area contributed by atoms with Crippen molar-refractivity contribution >= 4 is 16.8 Å². The van der Waals surface area contributed by atoms with Gasteiger partial charge in [0.25, 0.3) is 5.91 Å². The fourth-order valence-electron chi connectivity index (χ4n) is 3.71. The highest BCUT2D eigenvalue weighted by Gasteiger charge is 2.26. The van der Waals surface area contributed by atoms with Crippen molar-refractivity contribution in [2.75, 3.05) is 13.1 Å². The number of benzene rings is 1. The van der Waals surface area contributed by atoms with E-state index >= 15 is 0 Å². The third kappa shape index (κ3) is 2.41. The molecule has 0 spiro atoms. The van der Waals surface area contributed by atoms with Crippen LogP contribution in [0.25, 0.3) is 10.9 Å². The zero-order chi connectivity index (χ0) is 15.9. The number of aromatic nitrogens is 1. The molecule has 1 aromatic carbocycles. The average molecular weight is 299 g/mol. The van der Waals surface area contributed by atoms with Gasteiger partial charge in [-0.25, -0.2) is 0 Å². The molecule has 2 N–H and O–H groups in total. The number of likely N-dealkylation sites (tertiary alicyclic amines) is 1. The highest BCUT2D eigenvalue weighted by molar-refractivity contribution is 6.02. The molecule has 1 fully saturated rings. The Morgan fingerprint density at radius 1 is 1.27 bits per heavy atom. The molecule has 0 saturated carbocycles. The van der Waals surface area contributed by atoms with E-state index in [0.29, 0.717) is 6.54 Å². The van der Waals surface area contributed by atoms with Crippen LogP contribution in [0.3, 0.4) is 0 Å². The molecule has 1 aliphatic rings. The van der Waals surface area contributed by atoms with Crippen molar-refractivity contribution in [2.45, 2.75) is 39.2 Å². The third-order valence-electron chi connectivity index (χ3n) is 4.87. The first-order valence-electron chi connectivity index (χ1n) is 8.10. The summed E-state index contributed by atoms with van der Waals surface area (Å²) in [6.45, 7) is 5.62. The second-order valence-corrected chi connectivity index (χ2v) is 6.51. The predicted octanol–water partition coefficient (Wildman–Crippen LogP) is 2.75. The van der Waals surface area contributed by atoms with Gasteiger partial charge >= 0.3 is 0 Å². The van der Waals surface area contributed by atoms with Crippen LogP contribution in [0.2, 0.25) is 0 Å². The number of hydrogen-bond acceptors (Lipinski definition) is 2. The van der Waals surface area contributed by atoms with Crippen molar-refractivity contribution in [2.24, 2.45) is 12.8 Å². The van der Waals surface area contributed by atoms with Crippen molar-refractivity contribution in [1.29, 1.82) is 0 Å². The Morgan fingerprint density at radius 3 is 2.77 bits per heavy atom. The Morgan fingerprint density at radius 2 is 2.05 bits per heavy atom. The molecule has 1 saturated heterocycles. The first-order valence-corrected chi connectivity index (χ1v) is 8.10. The van der Waals surface area contributed by atoms with Crippen LogP contribution < -0.4 is 5.73 Å². The summed E-state index contributed by atoms with van der Waals surface area (Å²) in [5, 5.41) is 1.17. The summed E-state index contributed by atoms with van der Waals surface area (Å²) >= 11 is 0. The van der Waals surface area contributed by atoms with Crippen molar-refractivity contribution in [1.82, 2.24) is 9.47 Å². The number of aryl methyl sites for hydroxylation is 3. The van der Waals surface area contributed by atoms with E-state index in [1.165, 1.54) is 10.9 Å². The van der Waals surface area contributed by atoms with Crippen molar-refractivity contribution < 1.29 is 4.79 Å². The summed E-state index contributed by atoms with van der Waals surface area (Å²) in [5.74, 6) is 0.118. The molecule has 3 rings (SSSR count). The molecule has 1 aromatic heterocycles. The SMILES string of the molecule is Cc1c(C(=O)N2CCCC[C@@H](N)C2)n(C)c2c(C)cccc12. The average Bonchev–Trinajstić information content (AvgIpc) is 2.64. The van der Waals surface area contributed by atoms with E-state index in [4.69, 9.17) is 5.73 Å². The zero-order valence-corrected chi connectivity index (χ0v) is 13.7. The number of nitrogens with zero attached hydrogens (tertiary/aromatic N) is 2. The minimum atomic E-state index is 0.100. The second kappa shape index (κ2) is 5.76. The number of carbonyl (C=O) groups excluding carboxylic acids is 1. The smallest absolute Gasteiger partial charge is 0.270 e. The van der Waals surface area contributed by atoms with E-state index in [1.54, 1.807) is 0 Å². The molecule has 22 heavy (non-hydrogen) atoms. The second-order valence-electron chi connectivity index (χ2n) is 6.51. The topological polar surface area (TPSA) is 51.3 Å². The largest absolute Gasteiger partial charge is 0.339 e. The fourth-order valence-corrected chi connectivity index (χ4v) is 3.71. The molecule has 1 atom stereocenters. The van der Waals surface area contributed by atoms with Gasteiger partial charge in [0.2, 0.25) is 0 Å². The quantitative estimate of drug-likeness (QED) is 0.880. The highest BCUT2D eigenvalue weighted by atomic mass is 16.2. The predicted molar refractivity (Wildman–Crippen MR) is 90.1 cm³/mol. The molecule has 2 heterocycles. The number of nitrogens with two attached hydrogens (primary N) is 1. The number of rotatable bonds is 1. The maximum Gasteiger partial charge on any atom is 0.270 e. The molecule has 118 valence electrons. The van der Waals surface area contributed by atoms with Crippen molar-refractivity contribution in [3.63, 3.8) is 0 Å². The van der Waals surface area contributed by atoms with Gasteiger partial charge in [-0.2, -0.15) is 0 Å².